The maximum atomic E-state index is 9.52. The van der Waals surface area contributed by atoms with Crippen molar-refractivity contribution in [2.75, 3.05) is 19.7 Å². The summed E-state index contributed by atoms with van der Waals surface area (Å²) in [6, 6.07) is 10.9. The largest absolute Gasteiger partial charge is 0.396 e. The van der Waals surface area contributed by atoms with Gasteiger partial charge >= 0.3 is 0 Å². The minimum atomic E-state index is 0.0922. The summed E-state index contributed by atoms with van der Waals surface area (Å²) in [4.78, 5) is 3.92. The fraction of sp³-hybridized carbons (Fsp3) is 0.500. The van der Waals surface area contributed by atoms with Crippen LogP contribution in [0, 0.1) is 5.41 Å². The van der Waals surface area contributed by atoms with Gasteiger partial charge in [0.05, 0.1) is 0 Å². The standard InChI is InChI=1S/C16H21NOS/c1-16(12-18)7-4-8-17(11-16)10-14-9-13-5-2-3-6-15(13)19-14/h2-3,5-6,9,18H,4,7-8,10-12H2,1H3. The second kappa shape index (κ2) is 5.23. The summed E-state index contributed by atoms with van der Waals surface area (Å²) in [7, 11) is 0. The van der Waals surface area contributed by atoms with E-state index in [-0.39, 0.29) is 5.41 Å². The van der Waals surface area contributed by atoms with E-state index in [0.717, 1.165) is 26.1 Å². The summed E-state index contributed by atoms with van der Waals surface area (Å²) >= 11 is 1.89. The van der Waals surface area contributed by atoms with Gasteiger partial charge in [0.15, 0.2) is 0 Å². The molecule has 1 saturated heterocycles. The Morgan fingerprint density at radius 3 is 3.00 bits per heavy atom. The molecule has 0 saturated carbocycles. The predicted octanol–water partition coefficient (Wildman–Crippen LogP) is 3.50. The van der Waals surface area contributed by atoms with Gasteiger partial charge in [0.1, 0.15) is 0 Å². The molecule has 2 nitrogen and oxygen atoms in total. The molecule has 102 valence electrons. The lowest BCUT2D eigenvalue weighted by atomic mass is 9.83. The molecule has 0 aliphatic carbocycles. The van der Waals surface area contributed by atoms with Crippen LogP contribution in [0.2, 0.25) is 0 Å². The first-order chi connectivity index (χ1) is 9.18. The number of likely N-dealkylation sites (tertiary alicyclic amines) is 1. The summed E-state index contributed by atoms with van der Waals surface area (Å²) in [5.74, 6) is 0. The van der Waals surface area contributed by atoms with Crippen LogP contribution in [0.5, 0.6) is 0 Å². The third kappa shape index (κ3) is 2.83. The van der Waals surface area contributed by atoms with Gasteiger partial charge in [-0.1, -0.05) is 25.1 Å². The van der Waals surface area contributed by atoms with Crippen LogP contribution < -0.4 is 0 Å². The maximum absolute atomic E-state index is 9.52. The molecule has 0 radical (unpaired) electrons. The lowest BCUT2D eigenvalue weighted by Crippen LogP contribution is -2.42. The zero-order valence-corrected chi connectivity index (χ0v) is 12.2. The molecule has 2 aromatic rings. The minimum Gasteiger partial charge on any atom is -0.396 e. The molecule has 0 spiro atoms. The molecule has 0 bridgehead atoms. The van der Waals surface area contributed by atoms with Crippen molar-refractivity contribution in [3.63, 3.8) is 0 Å². The topological polar surface area (TPSA) is 23.5 Å². The van der Waals surface area contributed by atoms with Gasteiger partial charge in [-0.2, -0.15) is 0 Å². The fourth-order valence-electron chi connectivity index (χ4n) is 3.03. The van der Waals surface area contributed by atoms with E-state index in [1.54, 1.807) is 0 Å². The van der Waals surface area contributed by atoms with Crippen LogP contribution in [0.15, 0.2) is 30.3 Å². The molecule has 0 amide bonds. The zero-order valence-electron chi connectivity index (χ0n) is 11.4. The van der Waals surface area contributed by atoms with Crippen molar-refractivity contribution in [3.8, 4) is 0 Å². The highest BCUT2D eigenvalue weighted by Crippen LogP contribution is 2.31. The smallest absolute Gasteiger partial charge is 0.0497 e. The Balaban J connectivity index is 1.74. The first-order valence-electron chi connectivity index (χ1n) is 6.99. The average molecular weight is 275 g/mol. The van der Waals surface area contributed by atoms with Crippen LogP contribution in [0.1, 0.15) is 24.6 Å². The Bertz CT molecular complexity index is 532. The number of aliphatic hydroxyl groups is 1. The number of rotatable bonds is 3. The van der Waals surface area contributed by atoms with E-state index in [4.69, 9.17) is 0 Å². The molecule has 1 aliphatic rings. The molecular formula is C16H21NOS. The van der Waals surface area contributed by atoms with Gasteiger partial charge in [0.2, 0.25) is 0 Å². The van der Waals surface area contributed by atoms with Gasteiger partial charge in [-0.3, -0.25) is 4.90 Å². The number of benzene rings is 1. The van der Waals surface area contributed by atoms with Crippen LogP contribution in [-0.4, -0.2) is 29.7 Å². The van der Waals surface area contributed by atoms with Crippen molar-refractivity contribution < 1.29 is 5.11 Å². The molecule has 2 heterocycles. The highest BCUT2D eigenvalue weighted by atomic mass is 32.1. The molecule has 1 fully saturated rings. The van der Waals surface area contributed by atoms with Crippen LogP contribution in [-0.2, 0) is 6.54 Å². The number of hydrogen-bond acceptors (Lipinski definition) is 3. The SMILES string of the molecule is CC1(CO)CCCN(Cc2cc3ccccc3s2)C1. The Kier molecular flexibility index (Phi) is 3.61. The number of fused-ring (bicyclic) bond motifs is 1. The third-order valence-corrected chi connectivity index (χ3v) is 5.20. The van der Waals surface area contributed by atoms with Gasteiger partial charge in [0.25, 0.3) is 0 Å². The third-order valence-electron chi connectivity index (χ3n) is 4.10. The number of piperidine rings is 1. The molecular weight excluding hydrogens is 254 g/mol. The van der Waals surface area contributed by atoms with Crippen molar-refractivity contribution in [2.45, 2.75) is 26.3 Å². The van der Waals surface area contributed by atoms with Gasteiger partial charge in [0, 0.05) is 34.7 Å². The van der Waals surface area contributed by atoms with Crippen molar-refractivity contribution in [1.29, 1.82) is 0 Å². The lowest BCUT2D eigenvalue weighted by Gasteiger charge is -2.39. The normalized spacial score (nSPS) is 24.9. The Hall–Kier alpha value is -0.900. The summed E-state index contributed by atoms with van der Waals surface area (Å²) in [5, 5.41) is 10.9. The molecule has 1 aliphatic heterocycles. The van der Waals surface area contributed by atoms with E-state index >= 15 is 0 Å². The number of hydrogen-bond donors (Lipinski definition) is 1. The number of thiophene rings is 1. The van der Waals surface area contributed by atoms with Gasteiger partial charge in [-0.05, 0) is 36.9 Å². The summed E-state index contributed by atoms with van der Waals surface area (Å²) in [6.07, 6.45) is 2.34. The number of nitrogens with zero attached hydrogens (tertiary/aromatic N) is 1. The van der Waals surface area contributed by atoms with E-state index < -0.39 is 0 Å². The highest BCUT2D eigenvalue weighted by Gasteiger charge is 2.30. The van der Waals surface area contributed by atoms with Gasteiger partial charge in [-0.25, -0.2) is 0 Å². The molecule has 3 rings (SSSR count). The average Bonchev–Trinajstić information content (AvgIpc) is 2.81. The molecule has 1 aromatic carbocycles. The Labute approximate surface area is 118 Å². The maximum Gasteiger partial charge on any atom is 0.0497 e. The summed E-state index contributed by atoms with van der Waals surface area (Å²) < 4.78 is 1.37. The second-order valence-corrected chi connectivity index (χ2v) is 7.20. The van der Waals surface area contributed by atoms with E-state index in [0.29, 0.717) is 6.61 Å². The van der Waals surface area contributed by atoms with Crippen molar-refractivity contribution in [2.24, 2.45) is 5.41 Å². The first kappa shape index (κ1) is 13.1. The Morgan fingerprint density at radius 2 is 2.21 bits per heavy atom. The van der Waals surface area contributed by atoms with E-state index in [1.165, 1.54) is 21.4 Å². The van der Waals surface area contributed by atoms with E-state index in [9.17, 15) is 5.11 Å². The highest BCUT2D eigenvalue weighted by molar-refractivity contribution is 7.19. The predicted molar refractivity (Wildman–Crippen MR) is 81.5 cm³/mol. The second-order valence-electron chi connectivity index (χ2n) is 6.03. The van der Waals surface area contributed by atoms with Crippen LogP contribution in [0.3, 0.4) is 0 Å². The van der Waals surface area contributed by atoms with Crippen molar-refractivity contribution in [1.82, 2.24) is 4.90 Å². The van der Waals surface area contributed by atoms with Crippen LogP contribution in [0.25, 0.3) is 10.1 Å². The molecule has 1 unspecified atom stereocenters. The van der Waals surface area contributed by atoms with Crippen molar-refractivity contribution >= 4 is 21.4 Å². The Morgan fingerprint density at radius 1 is 1.37 bits per heavy atom. The molecule has 19 heavy (non-hydrogen) atoms. The van der Waals surface area contributed by atoms with Gasteiger partial charge in [-0.15, -0.1) is 11.3 Å². The summed E-state index contributed by atoms with van der Waals surface area (Å²) in [5.41, 5.74) is 0.0922. The zero-order chi connectivity index (χ0) is 13.3. The summed E-state index contributed by atoms with van der Waals surface area (Å²) in [6.45, 7) is 5.69. The van der Waals surface area contributed by atoms with Gasteiger partial charge < -0.3 is 5.11 Å². The molecule has 1 atom stereocenters. The first-order valence-corrected chi connectivity index (χ1v) is 7.81. The van der Waals surface area contributed by atoms with Crippen LogP contribution >= 0.6 is 11.3 Å². The van der Waals surface area contributed by atoms with E-state index in [1.807, 2.05) is 11.3 Å². The van der Waals surface area contributed by atoms with E-state index in [2.05, 4.69) is 42.2 Å². The lowest BCUT2D eigenvalue weighted by molar-refractivity contribution is 0.0434. The van der Waals surface area contributed by atoms with Crippen LogP contribution in [0.4, 0.5) is 0 Å². The molecule has 1 aromatic heterocycles. The molecule has 1 N–H and O–H groups in total. The monoisotopic (exact) mass is 275 g/mol. The fourth-order valence-corrected chi connectivity index (χ4v) is 4.13. The molecule has 3 heteroatoms. The quantitative estimate of drug-likeness (QED) is 0.927. The van der Waals surface area contributed by atoms with Crippen molar-refractivity contribution in [3.05, 3.63) is 35.2 Å². The number of aliphatic hydroxyl groups excluding tert-OH is 1. The minimum absolute atomic E-state index is 0.0922.